The van der Waals surface area contributed by atoms with E-state index in [1.807, 2.05) is 0 Å². The van der Waals surface area contributed by atoms with Crippen LogP contribution in [0.4, 0.5) is 10.5 Å². The molecule has 1 aromatic carbocycles. The van der Waals surface area contributed by atoms with Crippen molar-refractivity contribution in [2.75, 3.05) is 5.32 Å². The summed E-state index contributed by atoms with van der Waals surface area (Å²) >= 11 is 11.6. The van der Waals surface area contributed by atoms with Gasteiger partial charge in [-0.2, -0.15) is 0 Å². The number of benzene rings is 1. The van der Waals surface area contributed by atoms with Crippen LogP contribution >= 0.6 is 23.2 Å². The molecule has 1 aromatic rings. The molecule has 0 aliphatic carbocycles. The summed E-state index contributed by atoms with van der Waals surface area (Å²) in [5.74, 6) is -1.13. The summed E-state index contributed by atoms with van der Waals surface area (Å²) in [4.78, 5) is 21.9. The van der Waals surface area contributed by atoms with Crippen LogP contribution in [-0.2, 0) is 4.79 Å². The van der Waals surface area contributed by atoms with Gasteiger partial charge >= 0.3 is 12.0 Å². The van der Waals surface area contributed by atoms with E-state index in [2.05, 4.69) is 10.6 Å². The molecule has 5 nitrogen and oxygen atoms in total. The first kappa shape index (κ1) is 13.6. The third-order valence-electron chi connectivity index (χ3n) is 1.92. The lowest BCUT2D eigenvalue weighted by atomic mass is 10.3. The van der Waals surface area contributed by atoms with Gasteiger partial charge < -0.3 is 15.7 Å². The lowest BCUT2D eigenvalue weighted by molar-refractivity contribution is -0.138. The summed E-state index contributed by atoms with van der Waals surface area (Å²) in [5, 5.41) is 13.7. The highest BCUT2D eigenvalue weighted by Gasteiger charge is 2.14. The molecule has 92 valence electrons. The number of carbonyl (C=O) groups is 2. The van der Waals surface area contributed by atoms with Gasteiger partial charge in [-0.15, -0.1) is 0 Å². The molecule has 0 aliphatic rings. The normalized spacial score (nSPS) is 11.7. The maximum Gasteiger partial charge on any atom is 0.325 e. The molecule has 0 fully saturated rings. The monoisotopic (exact) mass is 276 g/mol. The molecule has 0 radical (unpaired) electrons. The molecular formula is C10H10Cl2N2O3. The van der Waals surface area contributed by atoms with Crippen LogP contribution in [0.2, 0.25) is 10.0 Å². The first-order valence-corrected chi connectivity index (χ1v) is 5.41. The van der Waals surface area contributed by atoms with Crippen LogP contribution < -0.4 is 10.6 Å². The molecule has 17 heavy (non-hydrogen) atoms. The Kier molecular flexibility index (Phi) is 4.60. The Hall–Kier alpha value is -1.46. The fraction of sp³-hybridized carbons (Fsp3) is 0.200. The smallest absolute Gasteiger partial charge is 0.325 e. The summed E-state index contributed by atoms with van der Waals surface area (Å²) in [6.45, 7) is 1.35. The number of urea groups is 1. The topological polar surface area (TPSA) is 78.4 Å². The largest absolute Gasteiger partial charge is 0.480 e. The number of hydrogen-bond donors (Lipinski definition) is 3. The number of hydrogen-bond acceptors (Lipinski definition) is 2. The van der Waals surface area contributed by atoms with E-state index in [0.29, 0.717) is 10.7 Å². The van der Waals surface area contributed by atoms with E-state index in [0.717, 1.165) is 0 Å². The Morgan fingerprint density at radius 3 is 2.59 bits per heavy atom. The number of rotatable bonds is 3. The average Bonchev–Trinajstić information content (AvgIpc) is 2.24. The van der Waals surface area contributed by atoms with Crippen LogP contribution in [0.5, 0.6) is 0 Å². The maximum atomic E-state index is 11.4. The second-order valence-electron chi connectivity index (χ2n) is 3.26. The second kappa shape index (κ2) is 5.75. The van der Waals surface area contributed by atoms with Crippen LogP contribution in [0.1, 0.15) is 6.92 Å². The van der Waals surface area contributed by atoms with E-state index in [1.54, 1.807) is 18.2 Å². The van der Waals surface area contributed by atoms with Crippen LogP contribution in [0.25, 0.3) is 0 Å². The Morgan fingerprint density at radius 1 is 1.35 bits per heavy atom. The molecule has 0 bridgehead atoms. The molecule has 1 atom stereocenters. The fourth-order valence-corrected chi connectivity index (χ4v) is 1.36. The number of carboxylic acid groups (broad SMARTS) is 1. The lowest BCUT2D eigenvalue weighted by Gasteiger charge is -2.12. The van der Waals surface area contributed by atoms with E-state index in [1.165, 1.54) is 6.92 Å². The van der Waals surface area contributed by atoms with E-state index < -0.39 is 18.0 Å². The van der Waals surface area contributed by atoms with Gasteiger partial charge in [0.25, 0.3) is 0 Å². The number of aliphatic carboxylic acids is 1. The minimum absolute atomic E-state index is 0.201. The van der Waals surface area contributed by atoms with Gasteiger partial charge in [0.2, 0.25) is 0 Å². The van der Waals surface area contributed by atoms with Crippen molar-refractivity contribution >= 4 is 40.9 Å². The maximum absolute atomic E-state index is 11.4. The molecule has 0 saturated heterocycles. The molecule has 2 amide bonds. The quantitative estimate of drug-likeness (QED) is 0.794. The molecule has 0 saturated carbocycles. The van der Waals surface area contributed by atoms with E-state index >= 15 is 0 Å². The third-order valence-corrected chi connectivity index (χ3v) is 2.74. The van der Waals surface area contributed by atoms with Crippen molar-refractivity contribution in [1.29, 1.82) is 0 Å². The van der Waals surface area contributed by atoms with Gasteiger partial charge in [-0.3, -0.25) is 4.79 Å². The second-order valence-corrected chi connectivity index (χ2v) is 4.04. The zero-order chi connectivity index (χ0) is 13.0. The van der Waals surface area contributed by atoms with Crippen molar-refractivity contribution in [3.05, 3.63) is 28.2 Å². The van der Waals surface area contributed by atoms with Gasteiger partial charge in [-0.25, -0.2) is 4.79 Å². The molecular weight excluding hydrogens is 267 g/mol. The van der Waals surface area contributed by atoms with Crippen LogP contribution in [-0.4, -0.2) is 23.1 Å². The van der Waals surface area contributed by atoms with Gasteiger partial charge in [0.1, 0.15) is 6.04 Å². The van der Waals surface area contributed by atoms with Crippen molar-refractivity contribution < 1.29 is 14.7 Å². The molecule has 0 heterocycles. The number of nitrogens with one attached hydrogen (secondary N) is 2. The molecule has 7 heteroatoms. The SMILES string of the molecule is C[C@H](NC(=O)Nc1cccc(Cl)c1Cl)C(=O)O. The molecule has 0 spiro atoms. The summed E-state index contributed by atoms with van der Waals surface area (Å²) in [6, 6.07) is 3.09. The first-order chi connectivity index (χ1) is 7.91. The Labute approximate surface area is 108 Å². The summed E-state index contributed by atoms with van der Waals surface area (Å²) < 4.78 is 0. The minimum Gasteiger partial charge on any atom is -0.480 e. The summed E-state index contributed by atoms with van der Waals surface area (Å²) in [7, 11) is 0. The zero-order valence-corrected chi connectivity index (χ0v) is 10.3. The Balaban J connectivity index is 2.69. The van der Waals surface area contributed by atoms with Crippen molar-refractivity contribution in [1.82, 2.24) is 5.32 Å². The first-order valence-electron chi connectivity index (χ1n) is 4.66. The number of carbonyl (C=O) groups excluding carboxylic acids is 1. The highest BCUT2D eigenvalue weighted by molar-refractivity contribution is 6.43. The van der Waals surface area contributed by atoms with Crippen LogP contribution in [0, 0.1) is 0 Å². The predicted molar refractivity (Wildman–Crippen MR) is 65.7 cm³/mol. The molecule has 0 aliphatic heterocycles. The minimum atomic E-state index is -1.13. The fourth-order valence-electron chi connectivity index (χ4n) is 1.02. The number of anilines is 1. The standard InChI is InChI=1S/C10H10Cl2N2O3/c1-5(9(15)16)13-10(17)14-7-4-2-3-6(11)8(7)12/h2-5H,1H3,(H,15,16)(H2,13,14,17)/t5-/m0/s1. The number of halogens is 2. The van der Waals surface area contributed by atoms with Gasteiger partial charge in [0.15, 0.2) is 0 Å². The Bertz CT molecular complexity index is 451. The van der Waals surface area contributed by atoms with Crippen LogP contribution in [0.15, 0.2) is 18.2 Å². The molecule has 3 N–H and O–H groups in total. The summed E-state index contributed by atoms with van der Waals surface area (Å²) in [5.41, 5.74) is 0.314. The third kappa shape index (κ3) is 3.80. The van der Waals surface area contributed by atoms with E-state index in [4.69, 9.17) is 28.3 Å². The van der Waals surface area contributed by atoms with Crippen LogP contribution in [0.3, 0.4) is 0 Å². The Morgan fingerprint density at radius 2 is 2.00 bits per heavy atom. The van der Waals surface area contributed by atoms with Gasteiger partial charge in [0, 0.05) is 0 Å². The highest BCUT2D eigenvalue weighted by Crippen LogP contribution is 2.29. The average molecular weight is 277 g/mol. The van der Waals surface area contributed by atoms with Crippen molar-refractivity contribution in [2.45, 2.75) is 13.0 Å². The molecule has 0 unspecified atom stereocenters. The van der Waals surface area contributed by atoms with E-state index in [-0.39, 0.29) is 5.02 Å². The predicted octanol–water partition coefficient (Wildman–Crippen LogP) is 2.59. The molecule has 1 rings (SSSR count). The van der Waals surface area contributed by atoms with E-state index in [9.17, 15) is 9.59 Å². The lowest BCUT2D eigenvalue weighted by Crippen LogP contribution is -2.40. The van der Waals surface area contributed by atoms with Gasteiger partial charge in [-0.05, 0) is 19.1 Å². The highest BCUT2D eigenvalue weighted by atomic mass is 35.5. The van der Waals surface area contributed by atoms with Gasteiger partial charge in [-0.1, -0.05) is 29.3 Å². The van der Waals surface area contributed by atoms with Gasteiger partial charge in [0.05, 0.1) is 15.7 Å². The molecule has 0 aromatic heterocycles. The van der Waals surface area contributed by atoms with Crippen molar-refractivity contribution in [3.63, 3.8) is 0 Å². The summed E-state index contributed by atoms with van der Waals surface area (Å²) in [6.07, 6.45) is 0. The number of carboxylic acids is 1. The zero-order valence-electron chi connectivity index (χ0n) is 8.83. The van der Waals surface area contributed by atoms with Crippen molar-refractivity contribution in [3.8, 4) is 0 Å². The van der Waals surface area contributed by atoms with Crippen molar-refractivity contribution in [2.24, 2.45) is 0 Å². The number of amides is 2.